The van der Waals surface area contributed by atoms with Crippen molar-refractivity contribution in [2.45, 2.75) is 27.3 Å². The van der Waals surface area contributed by atoms with Crippen LogP contribution < -0.4 is 0 Å². The van der Waals surface area contributed by atoms with Gasteiger partial charge in [-0.25, -0.2) is 9.78 Å². The largest absolute Gasteiger partial charge is 0.462 e. The van der Waals surface area contributed by atoms with Crippen LogP contribution in [0.4, 0.5) is 0 Å². The third-order valence-electron chi connectivity index (χ3n) is 2.51. The van der Waals surface area contributed by atoms with Crippen LogP contribution in [0.5, 0.6) is 0 Å². The predicted molar refractivity (Wildman–Crippen MR) is 68.9 cm³/mol. The fourth-order valence-corrected chi connectivity index (χ4v) is 2.44. The molecule has 18 heavy (non-hydrogen) atoms. The van der Waals surface area contributed by atoms with Crippen molar-refractivity contribution < 1.29 is 9.53 Å². The summed E-state index contributed by atoms with van der Waals surface area (Å²) in [5.41, 5.74) is 1.52. The zero-order valence-electron chi connectivity index (χ0n) is 10.6. The molecule has 0 spiro atoms. The highest BCUT2D eigenvalue weighted by Gasteiger charge is 2.10. The quantitative estimate of drug-likeness (QED) is 0.795. The molecule has 0 saturated heterocycles. The van der Waals surface area contributed by atoms with E-state index in [0.29, 0.717) is 18.7 Å². The number of ether oxygens (including phenoxy) is 1. The molecule has 0 radical (unpaired) electrons. The molecule has 0 aliphatic carbocycles. The first-order chi connectivity index (χ1) is 8.60. The van der Waals surface area contributed by atoms with Gasteiger partial charge in [0.2, 0.25) is 0 Å². The van der Waals surface area contributed by atoms with Gasteiger partial charge in [-0.3, -0.25) is 4.68 Å². The van der Waals surface area contributed by atoms with Crippen LogP contribution in [0.25, 0.3) is 0 Å². The van der Waals surface area contributed by atoms with Gasteiger partial charge in [0.05, 0.1) is 30.6 Å². The van der Waals surface area contributed by atoms with E-state index in [9.17, 15) is 4.79 Å². The molecule has 2 heterocycles. The molecular formula is C12H15N3O2S. The van der Waals surface area contributed by atoms with Crippen LogP contribution in [-0.4, -0.2) is 27.3 Å². The molecule has 0 N–H and O–H groups in total. The number of hydrogen-bond acceptors (Lipinski definition) is 5. The molecule has 0 amide bonds. The van der Waals surface area contributed by atoms with Crippen molar-refractivity contribution in [2.75, 3.05) is 6.61 Å². The van der Waals surface area contributed by atoms with Gasteiger partial charge in [0.15, 0.2) is 0 Å². The topological polar surface area (TPSA) is 57.0 Å². The second-order valence-corrected chi connectivity index (χ2v) is 5.18. The molecule has 6 heteroatoms. The summed E-state index contributed by atoms with van der Waals surface area (Å²) in [7, 11) is 0. The first kappa shape index (κ1) is 12.8. The maximum absolute atomic E-state index is 11.5. The summed E-state index contributed by atoms with van der Waals surface area (Å²) >= 11 is 1.65. The van der Waals surface area contributed by atoms with Crippen molar-refractivity contribution in [3.63, 3.8) is 0 Å². The third-order valence-corrected chi connectivity index (χ3v) is 3.57. The highest BCUT2D eigenvalue weighted by Crippen LogP contribution is 2.17. The average molecular weight is 265 g/mol. The Morgan fingerprint density at radius 3 is 2.89 bits per heavy atom. The Bertz CT molecular complexity index is 540. The van der Waals surface area contributed by atoms with Crippen molar-refractivity contribution >= 4 is 17.3 Å². The first-order valence-electron chi connectivity index (χ1n) is 5.72. The second-order valence-electron chi connectivity index (χ2n) is 3.90. The van der Waals surface area contributed by atoms with Gasteiger partial charge in [-0.1, -0.05) is 0 Å². The molecular weight excluding hydrogens is 250 g/mol. The van der Waals surface area contributed by atoms with E-state index < -0.39 is 0 Å². The molecule has 0 unspecified atom stereocenters. The van der Waals surface area contributed by atoms with Crippen LogP contribution in [0.3, 0.4) is 0 Å². The van der Waals surface area contributed by atoms with Crippen LogP contribution in [-0.2, 0) is 11.3 Å². The monoisotopic (exact) mass is 265 g/mol. The highest BCUT2D eigenvalue weighted by atomic mass is 32.1. The number of hydrogen-bond donors (Lipinski definition) is 0. The lowest BCUT2D eigenvalue weighted by Gasteiger charge is -1.97. The van der Waals surface area contributed by atoms with E-state index in [-0.39, 0.29) is 5.97 Å². The van der Waals surface area contributed by atoms with Crippen LogP contribution in [0.2, 0.25) is 0 Å². The standard InChI is InChI=1S/C12H15N3O2S/c1-4-17-12(16)10-5-13-15(6-10)7-11-14-8(2)9(3)18-11/h5-6H,4,7H2,1-3H3. The number of esters is 1. The Labute approximate surface area is 109 Å². The summed E-state index contributed by atoms with van der Waals surface area (Å²) in [6.07, 6.45) is 3.20. The molecule has 2 rings (SSSR count). The molecule has 2 aromatic rings. The number of aryl methyl sites for hydroxylation is 2. The summed E-state index contributed by atoms with van der Waals surface area (Å²) in [6.45, 7) is 6.77. The zero-order chi connectivity index (χ0) is 13.1. The Kier molecular flexibility index (Phi) is 3.76. The molecule has 0 aliphatic rings. The van der Waals surface area contributed by atoms with Crippen LogP contribution >= 0.6 is 11.3 Å². The summed E-state index contributed by atoms with van der Waals surface area (Å²) in [5, 5.41) is 5.13. The van der Waals surface area contributed by atoms with E-state index in [1.54, 1.807) is 29.1 Å². The van der Waals surface area contributed by atoms with Gasteiger partial charge in [0, 0.05) is 11.1 Å². The molecule has 0 fully saturated rings. The first-order valence-corrected chi connectivity index (χ1v) is 6.54. The van der Waals surface area contributed by atoms with E-state index in [0.717, 1.165) is 10.7 Å². The number of aromatic nitrogens is 3. The third kappa shape index (κ3) is 2.76. The minimum absolute atomic E-state index is 0.338. The molecule has 0 atom stereocenters. The fraction of sp³-hybridized carbons (Fsp3) is 0.417. The van der Waals surface area contributed by atoms with Crippen LogP contribution in [0.15, 0.2) is 12.4 Å². The minimum Gasteiger partial charge on any atom is -0.462 e. The Morgan fingerprint density at radius 2 is 2.28 bits per heavy atom. The fourth-order valence-electron chi connectivity index (χ4n) is 1.52. The maximum atomic E-state index is 11.5. The zero-order valence-corrected chi connectivity index (χ0v) is 11.5. The van der Waals surface area contributed by atoms with Gasteiger partial charge >= 0.3 is 5.97 Å². The Hall–Kier alpha value is -1.69. The maximum Gasteiger partial charge on any atom is 0.341 e. The van der Waals surface area contributed by atoms with Crippen molar-refractivity contribution in [3.05, 3.63) is 33.5 Å². The average Bonchev–Trinajstić information content (AvgIpc) is 2.88. The second kappa shape index (κ2) is 5.30. The number of rotatable bonds is 4. The number of carbonyl (C=O) groups excluding carboxylic acids is 1. The van der Waals surface area contributed by atoms with Crippen molar-refractivity contribution in [2.24, 2.45) is 0 Å². The predicted octanol–water partition coefficient (Wildman–Crippen LogP) is 2.18. The van der Waals surface area contributed by atoms with Gasteiger partial charge in [0.25, 0.3) is 0 Å². The number of thiazole rings is 1. The van der Waals surface area contributed by atoms with Gasteiger partial charge in [-0.15, -0.1) is 11.3 Å². The number of carbonyl (C=O) groups is 1. The van der Waals surface area contributed by atoms with E-state index in [2.05, 4.69) is 10.1 Å². The van der Waals surface area contributed by atoms with Gasteiger partial charge in [0.1, 0.15) is 5.01 Å². The summed E-state index contributed by atoms with van der Waals surface area (Å²) in [5.74, 6) is -0.338. The molecule has 0 aliphatic heterocycles. The van der Waals surface area contributed by atoms with Gasteiger partial charge in [-0.2, -0.15) is 5.10 Å². The molecule has 0 bridgehead atoms. The Balaban J connectivity index is 2.09. The van der Waals surface area contributed by atoms with Crippen LogP contribution in [0, 0.1) is 13.8 Å². The van der Waals surface area contributed by atoms with Gasteiger partial charge < -0.3 is 4.74 Å². The van der Waals surface area contributed by atoms with E-state index in [4.69, 9.17) is 4.74 Å². The normalized spacial score (nSPS) is 10.6. The summed E-state index contributed by atoms with van der Waals surface area (Å²) in [4.78, 5) is 17.1. The van der Waals surface area contributed by atoms with E-state index in [1.807, 2.05) is 13.8 Å². The Morgan fingerprint density at radius 1 is 1.50 bits per heavy atom. The molecule has 96 valence electrons. The molecule has 0 aromatic carbocycles. The van der Waals surface area contributed by atoms with E-state index in [1.165, 1.54) is 11.1 Å². The van der Waals surface area contributed by atoms with Crippen molar-refractivity contribution in [1.82, 2.24) is 14.8 Å². The van der Waals surface area contributed by atoms with Crippen molar-refractivity contribution in [1.29, 1.82) is 0 Å². The molecule has 0 saturated carbocycles. The van der Waals surface area contributed by atoms with E-state index >= 15 is 0 Å². The SMILES string of the molecule is CCOC(=O)c1cnn(Cc2nc(C)c(C)s2)c1. The summed E-state index contributed by atoms with van der Waals surface area (Å²) in [6, 6.07) is 0. The van der Waals surface area contributed by atoms with Crippen molar-refractivity contribution in [3.8, 4) is 0 Å². The number of nitrogens with zero attached hydrogens (tertiary/aromatic N) is 3. The summed E-state index contributed by atoms with van der Waals surface area (Å²) < 4.78 is 6.61. The lowest BCUT2D eigenvalue weighted by atomic mass is 10.4. The molecule has 5 nitrogen and oxygen atoms in total. The minimum atomic E-state index is -0.338. The smallest absolute Gasteiger partial charge is 0.341 e. The molecule has 2 aromatic heterocycles. The lowest BCUT2D eigenvalue weighted by Crippen LogP contribution is -2.03. The van der Waals surface area contributed by atoms with Crippen LogP contribution in [0.1, 0.15) is 32.9 Å². The highest BCUT2D eigenvalue weighted by molar-refractivity contribution is 7.11. The lowest BCUT2D eigenvalue weighted by molar-refractivity contribution is 0.0526. The van der Waals surface area contributed by atoms with Gasteiger partial charge in [-0.05, 0) is 20.8 Å².